The van der Waals surface area contributed by atoms with Crippen molar-refractivity contribution in [1.82, 2.24) is 13.9 Å². The van der Waals surface area contributed by atoms with Crippen molar-refractivity contribution in [2.75, 3.05) is 13.2 Å². The van der Waals surface area contributed by atoms with Gasteiger partial charge in [0.05, 0.1) is 6.61 Å². The van der Waals surface area contributed by atoms with E-state index in [1.54, 1.807) is 13.1 Å². The molecular formula is C13H23N3O3S. The van der Waals surface area contributed by atoms with Gasteiger partial charge in [-0.3, -0.25) is 0 Å². The second-order valence-corrected chi connectivity index (χ2v) is 7.05. The SMILES string of the molecule is CCn1cc(S(=O)(=O)N2CCCCCC2CO)nc1C. The first kappa shape index (κ1) is 15.5. The number of hydrogen-bond donors (Lipinski definition) is 1. The molecule has 1 aliphatic rings. The first-order valence-corrected chi connectivity index (χ1v) is 8.61. The normalized spacial score (nSPS) is 21.9. The number of hydrogen-bond acceptors (Lipinski definition) is 4. The summed E-state index contributed by atoms with van der Waals surface area (Å²) in [7, 11) is -3.62. The van der Waals surface area contributed by atoms with E-state index in [-0.39, 0.29) is 17.7 Å². The average Bonchev–Trinajstić information content (AvgIpc) is 2.66. The highest BCUT2D eigenvalue weighted by atomic mass is 32.2. The summed E-state index contributed by atoms with van der Waals surface area (Å²) in [5, 5.41) is 9.57. The maximum absolute atomic E-state index is 12.7. The summed E-state index contributed by atoms with van der Waals surface area (Å²) in [6.07, 6.45) is 5.10. The van der Waals surface area contributed by atoms with Crippen molar-refractivity contribution in [3.8, 4) is 0 Å². The molecule has 0 radical (unpaired) electrons. The van der Waals surface area contributed by atoms with Crippen LogP contribution in [0.5, 0.6) is 0 Å². The Balaban J connectivity index is 2.35. The van der Waals surface area contributed by atoms with Crippen LogP contribution >= 0.6 is 0 Å². The first-order chi connectivity index (χ1) is 9.50. The zero-order chi connectivity index (χ0) is 14.8. The van der Waals surface area contributed by atoms with Gasteiger partial charge in [0.2, 0.25) is 0 Å². The Kier molecular flexibility index (Phi) is 4.82. The average molecular weight is 301 g/mol. The first-order valence-electron chi connectivity index (χ1n) is 7.17. The Morgan fingerprint density at radius 3 is 2.75 bits per heavy atom. The largest absolute Gasteiger partial charge is 0.395 e. The van der Waals surface area contributed by atoms with Gasteiger partial charge in [0.15, 0.2) is 5.03 Å². The molecule has 1 atom stereocenters. The van der Waals surface area contributed by atoms with E-state index < -0.39 is 10.0 Å². The lowest BCUT2D eigenvalue weighted by Crippen LogP contribution is -2.42. The molecule has 0 bridgehead atoms. The summed E-state index contributed by atoms with van der Waals surface area (Å²) in [4.78, 5) is 4.18. The van der Waals surface area contributed by atoms with Crippen molar-refractivity contribution in [1.29, 1.82) is 0 Å². The summed E-state index contributed by atoms with van der Waals surface area (Å²) in [5.74, 6) is 0.696. The molecule has 1 fully saturated rings. The third kappa shape index (κ3) is 2.89. The van der Waals surface area contributed by atoms with Gasteiger partial charge in [0.25, 0.3) is 10.0 Å². The summed E-state index contributed by atoms with van der Waals surface area (Å²) in [5.41, 5.74) is 0. The van der Waals surface area contributed by atoms with Gasteiger partial charge < -0.3 is 9.67 Å². The zero-order valence-corrected chi connectivity index (χ0v) is 12.9. The van der Waals surface area contributed by atoms with Crippen LogP contribution in [-0.2, 0) is 16.6 Å². The van der Waals surface area contributed by atoms with Gasteiger partial charge in [-0.15, -0.1) is 0 Å². The number of nitrogens with zero attached hydrogens (tertiary/aromatic N) is 3. The molecule has 2 rings (SSSR count). The molecule has 6 nitrogen and oxygen atoms in total. The lowest BCUT2D eigenvalue weighted by molar-refractivity contribution is 0.186. The highest BCUT2D eigenvalue weighted by Gasteiger charge is 2.33. The molecule has 1 unspecified atom stereocenters. The van der Waals surface area contributed by atoms with Gasteiger partial charge in [0.1, 0.15) is 5.82 Å². The number of rotatable bonds is 4. The molecule has 0 aliphatic carbocycles. The second kappa shape index (κ2) is 6.24. The smallest absolute Gasteiger partial charge is 0.262 e. The van der Waals surface area contributed by atoms with Crippen molar-refractivity contribution in [2.45, 2.75) is 57.1 Å². The number of aliphatic hydroxyl groups excluding tert-OH is 1. The molecule has 1 saturated heterocycles. The van der Waals surface area contributed by atoms with E-state index in [2.05, 4.69) is 4.98 Å². The van der Waals surface area contributed by atoms with Crippen molar-refractivity contribution in [3.05, 3.63) is 12.0 Å². The van der Waals surface area contributed by atoms with E-state index in [1.165, 1.54) is 4.31 Å². The van der Waals surface area contributed by atoms with Crippen molar-refractivity contribution >= 4 is 10.0 Å². The van der Waals surface area contributed by atoms with E-state index in [0.717, 1.165) is 19.3 Å². The van der Waals surface area contributed by atoms with Crippen molar-refractivity contribution < 1.29 is 13.5 Å². The molecule has 0 saturated carbocycles. The highest BCUT2D eigenvalue weighted by molar-refractivity contribution is 7.89. The Labute approximate surface area is 120 Å². The molecule has 0 aromatic carbocycles. The van der Waals surface area contributed by atoms with Gasteiger partial charge in [-0.25, -0.2) is 13.4 Å². The molecule has 2 heterocycles. The Morgan fingerprint density at radius 2 is 2.15 bits per heavy atom. The maximum Gasteiger partial charge on any atom is 0.262 e. The summed E-state index contributed by atoms with van der Waals surface area (Å²) < 4.78 is 28.7. The number of aliphatic hydroxyl groups is 1. The van der Waals surface area contributed by atoms with Crippen LogP contribution in [0, 0.1) is 6.92 Å². The minimum atomic E-state index is -3.62. The van der Waals surface area contributed by atoms with Gasteiger partial charge in [0, 0.05) is 25.3 Å². The van der Waals surface area contributed by atoms with Gasteiger partial charge >= 0.3 is 0 Å². The second-order valence-electron chi connectivity index (χ2n) is 5.21. The van der Waals surface area contributed by atoms with Crippen molar-refractivity contribution in [3.63, 3.8) is 0 Å². The topological polar surface area (TPSA) is 75.4 Å². The third-order valence-corrected chi connectivity index (χ3v) is 5.72. The monoisotopic (exact) mass is 301 g/mol. The zero-order valence-electron chi connectivity index (χ0n) is 12.1. The molecule has 0 spiro atoms. The van der Waals surface area contributed by atoms with Crippen molar-refractivity contribution in [2.24, 2.45) is 0 Å². The third-order valence-electron chi connectivity index (χ3n) is 3.90. The van der Waals surface area contributed by atoms with E-state index >= 15 is 0 Å². The lowest BCUT2D eigenvalue weighted by atomic mass is 10.1. The fourth-order valence-corrected chi connectivity index (χ4v) is 4.38. The van der Waals surface area contributed by atoms with Crippen LogP contribution in [0.3, 0.4) is 0 Å². The predicted octanol–water partition coefficient (Wildman–Crippen LogP) is 1.14. The molecule has 7 heteroatoms. The summed E-state index contributed by atoms with van der Waals surface area (Å²) in [6, 6.07) is -0.324. The molecule has 1 aliphatic heterocycles. The predicted molar refractivity (Wildman–Crippen MR) is 75.9 cm³/mol. The fourth-order valence-electron chi connectivity index (χ4n) is 2.69. The quantitative estimate of drug-likeness (QED) is 0.905. The molecular weight excluding hydrogens is 278 g/mol. The van der Waals surface area contributed by atoms with E-state index in [4.69, 9.17) is 0 Å². The van der Waals surface area contributed by atoms with Crippen LogP contribution in [-0.4, -0.2) is 46.6 Å². The Morgan fingerprint density at radius 1 is 1.40 bits per heavy atom. The maximum atomic E-state index is 12.7. The van der Waals surface area contributed by atoms with Crippen LogP contribution in [0.4, 0.5) is 0 Å². The van der Waals surface area contributed by atoms with E-state index in [9.17, 15) is 13.5 Å². The van der Waals surface area contributed by atoms with Gasteiger partial charge in [-0.1, -0.05) is 12.8 Å². The minimum Gasteiger partial charge on any atom is -0.395 e. The van der Waals surface area contributed by atoms with Crippen LogP contribution in [0.1, 0.15) is 38.4 Å². The van der Waals surface area contributed by atoms with Gasteiger partial charge in [-0.2, -0.15) is 4.31 Å². The molecule has 1 aromatic heterocycles. The van der Waals surface area contributed by atoms with Crippen LogP contribution in [0.25, 0.3) is 0 Å². The van der Waals surface area contributed by atoms with E-state index in [0.29, 0.717) is 25.3 Å². The number of aromatic nitrogens is 2. The number of imidazole rings is 1. The molecule has 1 N–H and O–H groups in total. The molecule has 20 heavy (non-hydrogen) atoms. The lowest BCUT2D eigenvalue weighted by Gasteiger charge is -2.26. The van der Waals surface area contributed by atoms with Crippen LogP contribution in [0.15, 0.2) is 11.2 Å². The highest BCUT2D eigenvalue weighted by Crippen LogP contribution is 2.24. The standard InChI is InChI=1S/C13H23N3O3S/c1-3-15-9-13(14-11(15)2)20(18,19)16-8-6-4-5-7-12(16)10-17/h9,12,17H,3-8,10H2,1-2H3. The van der Waals surface area contributed by atoms with Crippen LogP contribution < -0.4 is 0 Å². The van der Waals surface area contributed by atoms with Gasteiger partial charge in [-0.05, 0) is 26.7 Å². The Hall–Kier alpha value is -0.920. The van der Waals surface area contributed by atoms with E-state index in [1.807, 2.05) is 11.5 Å². The van der Waals surface area contributed by atoms with Crippen LogP contribution in [0.2, 0.25) is 0 Å². The molecule has 1 aromatic rings. The summed E-state index contributed by atoms with van der Waals surface area (Å²) in [6.45, 7) is 4.78. The number of aryl methyl sites for hydroxylation is 2. The molecule has 0 amide bonds. The minimum absolute atomic E-state index is 0.0946. The summed E-state index contributed by atoms with van der Waals surface area (Å²) >= 11 is 0. The number of sulfonamides is 1. The molecule has 114 valence electrons. The Bertz CT molecular complexity index is 553. The fraction of sp³-hybridized carbons (Fsp3) is 0.769.